The number of aliphatic hydroxyl groups is 1. The number of hydrogen-bond donors (Lipinski definition) is 3. The van der Waals surface area contributed by atoms with Crippen LogP contribution in [0.1, 0.15) is 40.4 Å². The minimum absolute atomic E-state index is 0.0311. The van der Waals surface area contributed by atoms with Crippen LogP contribution in [0.15, 0.2) is 78.9 Å². The van der Waals surface area contributed by atoms with Gasteiger partial charge in [0.05, 0.1) is 36.4 Å². The first kappa shape index (κ1) is 30.0. The van der Waals surface area contributed by atoms with Crippen LogP contribution < -0.4 is 10.2 Å². The Morgan fingerprint density at radius 2 is 1.77 bits per heavy atom. The maximum atomic E-state index is 14.0. The third-order valence-electron chi connectivity index (χ3n) is 10.8. The first-order valence-electron chi connectivity index (χ1n) is 16.2. The van der Waals surface area contributed by atoms with Crippen molar-refractivity contribution in [3.8, 4) is 0 Å². The van der Waals surface area contributed by atoms with Gasteiger partial charge in [-0.15, -0.1) is 0 Å². The number of ether oxygens (including phenoxy) is 1. The number of nitrogens with zero attached hydrogens (tertiary/aromatic N) is 2. The van der Waals surface area contributed by atoms with Crippen LogP contribution in [0, 0.1) is 5.92 Å². The molecule has 240 valence electrons. The van der Waals surface area contributed by atoms with Crippen LogP contribution >= 0.6 is 0 Å². The number of nitrogens with one attached hydrogen (secondary N) is 1. The van der Waals surface area contributed by atoms with E-state index in [4.69, 9.17) is 4.74 Å². The van der Waals surface area contributed by atoms with Gasteiger partial charge < -0.3 is 24.9 Å². The van der Waals surface area contributed by atoms with Crippen molar-refractivity contribution in [2.75, 3.05) is 16.8 Å². The molecule has 1 spiro atoms. The minimum atomic E-state index is -3.01. The van der Waals surface area contributed by atoms with Gasteiger partial charge in [-0.05, 0) is 66.4 Å². The monoisotopic (exact) mass is 647 g/mol. The smallest absolute Gasteiger partial charge is 0.263 e. The fraction of sp³-hybridized carbons (Fsp3) is 0.324. The fourth-order valence-electron chi connectivity index (χ4n) is 8.73. The molecule has 8 rings (SSSR count). The molecule has 10 heteroatoms. The van der Waals surface area contributed by atoms with E-state index in [9.17, 15) is 24.3 Å². The zero-order chi connectivity index (χ0) is 32.8. The Morgan fingerprint density at radius 3 is 2.51 bits per heavy atom. The molecule has 0 saturated carbocycles. The Morgan fingerprint density at radius 1 is 1.02 bits per heavy atom. The number of benzene rings is 4. The second kappa shape index (κ2) is 10.6. The highest BCUT2D eigenvalue weighted by atomic mass is 28.4. The maximum Gasteiger partial charge on any atom is 0.263 e. The van der Waals surface area contributed by atoms with Crippen LogP contribution in [-0.2, 0) is 32.9 Å². The van der Waals surface area contributed by atoms with Gasteiger partial charge >= 0.3 is 0 Å². The number of amides is 3. The summed E-state index contributed by atoms with van der Waals surface area (Å²) >= 11 is 0. The second-order valence-electron chi connectivity index (χ2n) is 13.9. The first-order chi connectivity index (χ1) is 22.5. The summed E-state index contributed by atoms with van der Waals surface area (Å²) in [6.07, 6.45) is -0.205. The van der Waals surface area contributed by atoms with E-state index in [0.29, 0.717) is 35.5 Å². The van der Waals surface area contributed by atoms with E-state index in [2.05, 4.69) is 5.32 Å². The molecule has 4 heterocycles. The fourth-order valence-corrected chi connectivity index (χ4v) is 11.3. The van der Waals surface area contributed by atoms with E-state index in [1.807, 2.05) is 92.8 Å². The molecule has 0 aromatic heterocycles. The third kappa shape index (κ3) is 4.35. The van der Waals surface area contributed by atoms with E-state index in [1.165, 1.54) is 0 Å². The van der Waals surface area contributed by atoms with Crippen LogP contribution in [0.5, 0.6) is 0 Å². The number of fused-ring (bicyclic) bond motifs is 3. The maximum absolute atomic E-state index is 14.0. The zero-order valence-electron chi connectivity index (χ0n) is 26.6. The summed E-state index contributed by atoms with van der Waals surface area (Å²) in [5, 5.41) is 15.1. The summed E-state index contributed by atoms with van der Waals surface area (Å²) in [5.74, 6) is -1.13. The molecule has 5 atom stereocenters. The highest BCUT2D eigenvalue weighted by molar-refractivity contribution is 6.71. The average molecular weight is 648 g/mol. The van der Waals surface area contributed by atoms with Gasteiger partial charge in [-0.1, -0.05) is 55.5 Å². The van der Waals surface area contributed by atoms with Crippen LogP contribution in [-0.4, -0.2) is 59.6 Å². The molecule has 4 aliphatic rings. The molecule has 0 radical (unpaired) electrons. The van der Waals surface area contributed by atoms with E-state index in [-0.39, 0.29) is 36.8 Å². The van der Waals surface area contributed by atoms with Gasteiger partial charge in [-0.2, -0.15) is 0 Å². The normalized spacial score (nSPS) is 26.2. The molecule has 3 amide bonds. The van der Waals surface area contributed by atoms with Crippen molar-refractivity contribution in [1.29, 1.82) is 0 Å². The SMILES string of the molecule is C[C@H]1[C@H]([Si](C)(C)O)[C@@H](CC(=O)N2Cc3ccccc3C[C@H]2CO)O[C@]12C(=O)Nc1ccc(N3C(=O)c4cccc5cccc3c45)cc12. The van der Waals surface area contributed by atoms with E-state index >= 15 is 0 Å². The number of anilines is 3. The summed E-state index contributed by atoms with van der Waals surface area (Å²) in [5.41, 5.74) is 3.46. The number of hydrogen-bond acceptors (Lipinski definition) is 6. The number of carbonyl (C=O) groups excluding carboxylic acids is 3. The van der Waals surface area contributed by atoms with Crippen molar-refractivity contribution < 1.29 is 29.0 Å². The highest BCUT2D eigenvalue weighted by Gasteiger charge is 2.65. The quantitative estimate of drug-likeness (QED) is 0.256. The molecular weight excluding hydrogens is 611 g/mol. The summed E-state index contributed by atoms with van der Waals surface area (Å²) < 4.78 is 6.81. The lowest BCUT2D eigenvalue weighted by Crippen LogP contribution is -2.48. The summed E-state index contributed by atoms with van der Waals surface area (Å²) in [4.78, 5) is 56.9. The van der Waals surface area contributed by atoms with Crippen molar-refractivity contribution in [1.82, 2.24) is 4.90 Å². The number of carbonyl (C=O) groups is 3. The average Bonchev–Trinajstić information content (AvgIpc) is 3.63. The van der Waals surface area contributed by atoms with Crippen LogP contribution in [0.3, 0.4) is 0 Å². The van der Waals surface area contributed by atoms with Crippen molar-refractivity contribution >= 4 is 53.9 Å². The van der Waals surface area contributed by atoms with Crippen molar-refractivity contribution in [2.45, 2.75) is 62.7 Å². The molecular formula is C37H37N3O6Si. The lowest BCUT2D eigenvalue weighted by Gasteiger charge is -2.37. The lowest BCUT2D eigenvalue weighted by molar-refractivity contribution is -0.149. The molecule has 0 bridgehead atoms. The summed E-state index contributed by atoms with van der Waals surface area (Å²) in [6.45, 7) is 5.79. The zero-order valence-corrected chi connectivity index (χ0v) is 27.6. The molecule has 0 unspecified atom stereocenters. The van der Waals surface area contributed by atoms with Gasteiger partial charge in [0.15, 0.2) is 13.9 Å². The molecule has 1 saturated heterocycles. The number of aliphatic hydroxyl groups excluding tert-OH is 1. The van der Waals surface area contributed by atoms with Crippen molar-refractivity contribution in [3.05, 3.63) is 101 Å². The largest absolute Gasteiger partial charge is 0.432 e. The van der Waals surface area contributed by atoms with Crippen molar-refractivity contribution in [3.63, 3.8) is 0 Å². The highest BCUT2D eigenvalue weighted by Crippen LogP contribution is 2.59. The predicted molar refractivity (Wildman–Crippen MR) is 181 cm³/mol. The second-order valence-corrected chi connectivity index (χ2v) is 17.9. The minimum Gasteiger partial charge on any atom is -0.432 e. The van der Waals surface area contributed by atoms with Crippen molar-refractivity contribution in [2.24, 2.45) is 5.92 Å². The topological polar surface area (TPSA) is 119 Å². The van der Waals surface area contributed by atoms with Gasteiger partial charge in [0.2, 0.25) is 5.91 Å². The Hall–Kier alpha value is -4.35. The molecule has 4 aromatic carbocycles. The molecule has 4 aliphatic heterocycles. The van der Waals surface area contributed by atoms with Crippen LogP contribution in [0.25, 0.3) is 10.8 Å². The Balaban J connectivity index is 1.16. The molecule has 9 nitrogen and oxygen atoms in total. The molecule has 4 aromatic rings. The van der Waals surface area contributed by atoms with Gasteiger partial charge in [0.25, 0.3) is 11.8 Å². The molecule has 0 aliphatic carbocycles. The Bertz CT molecular complexity index is 1990. The summed E-state index contributed by atoms with van der Waals surface area (Å²) in [7, 11) is -3.01. The van der Waals surface area contributed by atoms with Crippen LogP contribution in [0.2, 0.25) is 18.6 Å². The van der Waals surface area contributed by atoms with E-state index < -0.39 is 31.5 Å². The van der Waals surface area contributed by atoms with Crippen LogP contribution in [0.4, 0.5) is 17.1 Å². The van der Waals surface area contributed by atoms with E-state index in [1.54, 1.807) is 15.9 Å². The molecule has 47 heavy (non-hydrogen) atoms. The van der Waals surface area contributed by atoms with E-state index in [0.717, 1.165) is 27.6 Å². The van der Waals surface area contributed by atoms with Gasteiger partial charge in [-0.25, -0.2) is 0 Å². The molecule has 3 N–H and O–H groups in total. The Kier molecular flexibility index (Phi) is 6.76. The van der Waals surface area contributed by atoms with Gasteiger partial charge in [0.1, 0.15) is 0 Å². The third-order valence-corrected chi connectivity index (χ3v) is 13.3. The predicted octanol–water partition coefficient (Wildman–Crippen LogP) is 5.22. The number of rotatable bonds is 5. The standard InChI is InChI=1S/C37H37N3O6Si/c1-21-34(47(2,3)45)31(18-32(42)39-19-24-9-5-4-8-23(24)16-26(39)20-41)46-37(21)28-17-25(14-15-29(28)38-36(37)44)40-30-13-7-11-22-10-6-12-27(33(22)30)35(40)43/h4-15,17,21,26,31,34,41,45H,16,18-20H2,1-3H3,(H,38,44)/t21-,26-,31+,34-,37+/m0/s1. The van der Waals surface area contributed by atoms with Gasteiger partial charge in [0, 0.05) is 40.3 Å². The molecule has 1 fully saturated rings. The Labute approximate surface area is 273 Å². The summed E-state index contributed by atoms with van der Waals surface area (Å²) in [6, 6.07) is 24.6. The van der Waals surface area contributed by atoms with Gasteiger partial charge in [-0.3, -0.25) is 19.3 Å². The lowest BCUT2D eigenvalue weighted by atomic mass is 9.82. The first-order valence-corrected chi connectivity index (χ1v) is 19.2.